The Labute approximate surface area is 122 Å². The van der Waals surface area contributed by atoms with E-state index in [2.05, 4.69) is 69.8 Å². The lowest BCUT2D eigenvalue weighted by Gasteiger charge is -2.30. The fourth-order valence-corrected chi connectivity index (χ4v) is 3.08. The first-order chi connectivity index (χ1) is 9.21. The van der Waals surface area contributed by atoms with Crippen molar-refractivity contribution < 1.29 is 0 Å². The van der Waals surface area contributed by atoms with Gasteiger partial charge < -0.3 is 11.1 Å². The molecular weight excluding hydrogens is 300 g/mol. The minimum atomic E-state index is -0.0441. The van der Waals surface area contributed by atoms with Gasteiger partial charge in [-0.05, 0) is 48.2 Å². The van der Waals surface area contributed by atoms with Gasteiger partial charge >= 0.3 is 0 Å². The van der Waals surface area contributed by atoms with Crippen molar-refractivity contribution in [1.82, 2.24) is 0 Å². The van der Waals surface area contributed by atoms with Gasteiger partial charge in [0.2, 0.25) is 0 Å². The number of benzene rings is 2. The van der Waals surface area contributed by atoms with Crippen molar-refractivity contribution in [2.24, 2.45) is 5.73 Å². The molecule has 19 heavy (non-hydrogen) atoms. The van der Waals surface area contributed by atoms with Gasteiger partial charge in [-0.25, -0.2) is 0 Å². The Morgan fingerprint density at radius 2 is 1.58 bits per heavy atom. The predicted octanol–water partition coefficient (Wildman–Crippen LogP) is 3.36. The van der Waals surface area contributed by atoms with Crippen LogP contribution in [0.25, 0.3) is 0 Å². The summed E-state index contributed by atoms with van der Waals surface area (Å²) in [6.07, 6.45) is 1.99. The maximum atomic E-state index is 6.05. The van der Waals surface area contributed by atoms with Crippen LogP contribution in [0.15, 0.2) is 53.0 Å². The molecule has 0 aliphatic heterocycles. The predicted molar refractivity (Wildman–Crippen MR) is 83.4 cm³/mol. The Morgan fingerprint density at radius 3 is 2.11 bits per heavy atom. The molecule has 98 valence electrons. The maximum absolute atomic E-state index is 6.05. The van der Waals surface area contributed by atoms with Gasteiger partial charge in [-0.1, -0.05) is 40.2 Å². The Balaban J connectivity index is 1.84. The minimum Gasteiger partial charge on any atom is -0.378 e. The van der Waals surface area contributed by atoms with E-state index in [9.17, 15) is 0 Å². The van der Waals surface area contributed by atoms with Crippen LogP contribution in [0.2, 0.25) is 0 Å². The van der Waals surface area contributed by atoms with Crippen molar-refractivity contribution in [2.45, 2.75) is 18.4 Å². The summed E-state index contributed by atoms with van der Waals surface area (Å²) in [7, 11) is 0. The van der Waals surface area contributed by atoms with E-state index in [1.807, 2.05) is 0 Å². The van der Waals surface area contributed by atoms with Gasteiger partial charge in [0.15, 0.2) is 0 Å². The Hall–Kier alpha value is -1.32. The van der Waals surface area contributed by atoms with Crippen molar-refractivity contribution in [3.63, 3.8) is 0 Å². The summed E-state index contributed by atoms with van der Waals surface area (Å²) in [6, 6.07) is 16.9. The molecule has 0 unspecified atom stereocenters. The van der Waals surface area contributed by atoms with E-state index in [4.69, 9.17) is 5.73 Å². The molecule has 0 bridgehead atoms. The highest BCUT2D eigenvalue weighted by atomic mass is 79.9. The second-order valence-corrected chi connectivity index (χ2v) is 6.15. The largest absolute Gasteiger partial charge is 0.378 e. The number of halogens is 1. The molecule has 0 atom stereocenters. The van der Waals surface area contributed by atoms with Crippen LogP contribution in [-0.2, 0) is 12.8 Å². The normalized spacial score (nSPS) is 16.1. The summed E-state index contributed by atoms with van der Waals surface area (Å²) in [5.41, 5.74) is 9.97. The summed E-state index contributed by atoms with van der Waals surface area (Å²) in [5.74, 6) is 0. The molecular formula is C16H17BrN2. The third kappa shape index (κ3) is 2.53. The molecule has 1 aliphatic carbocycles. The Morgan fingerprint density at radius 1 is 1.00 bits per heavy atom. The van der Waals surface area contributed by atoms with E-state index in [1.54, 1.807) is 0 Å². The third-order valence-electron chi connectivity index (χ3n) is 3.82. The van der Waals surface area contributed by atoms with Crippen LogP contribution in [0.4, 0.5) is 5.69 Å². The van der Waals surface area contributed by atoms with E-state index >= 15 is 0 Å². The molecule has 0 saturated heterocycles. The highest BCUT2D eigenvalue weighted by Gasteiger charge is 2.35. The molecule has 0 saturated carbocycles. The topological polar surface area (TPSA) is 38.0 Å². The lowest BCUT2D eigenvalue weighted by molar-refractivity contribution is 0.504. The number of nitrogens with one attached hydrogen (secondary N) is 1. The molecule has 2 aromatic rings. The van der Waals surface area contributed by atoms with Crippen molar-refractivity contribution >= 4 is 21.6 Å². The second-order valence-electron chi connectivity index (χ2n) is 5.24. The molecule has 3 rings (SSSR count). The van der Waals surface area contributed by atoms with E-state index < -0.39 is 0 Å². The monoisotopic (exact) mass is 316 g/mol. The van der Waals surface area contributed by atoms with Gasteiger partial charge in [-0.2, -0.15) is 0 Å². The fourth-order valence-electron chi connectivity index (χ4n) is 2.82. The van der Waals surface area contributed by atoms with Gasteiger partial charge in [0, 0.05) is 16.7 Å². The van der Waals surface area contributed by atoms with Crippen LogP contribution in [0.5, 0.6) is 0 Å². The molecule has 0 amide bonds. The minimum absolute atomic E-state index is 0.0441. The zero-order valence-electron chi connectivity index (χ0n) is 10.7. The van der Waals surface area contributed by atoms with Crippen LogP contribution in [0.3, 0.4) is 0 Å². The van der Waals surface area contributed by atoms with Crippen LogP contribution >= 0.6 is 15.9 Å². The van der Waals surface area contributed by atoms with Crippen molar-refractivity contribution in [3.8, 4) is 0 Å². The van der Waals surface area contributed by atoms with E-state index in [0.717, 1.165) is 23.0 Å². The number of anilines is 1. The van der Waals surface area contributed by atoms with E-state index in [-0.39, 0.29) is 5.54 Å². The zero-order chi connectivity index (χ0) is 13.3. The molecule has 0 radical (unpaired) electrons. The smallest absolute Gasteiger partial charge is 0.0576 e. The SMILES string of the molecule is NCC1(Nc2ccc(Br)cc2)Cc2ccccc2C1. The summed E-state index contributed by atoms with van der Waals surface area (Å²) in [6.45, 7) is 0.637. The van der Waals surface area contributed by atoms with Crippen molar-refractivity contribution in [2.75, 3.05) is 11.9 Å². The average Bonchev–Trinajstić information content (AvgIpc) is 2.80. The first-order valence-corrected chi connectivity index (χ1v) is 7.31. The number of nitrogens with two attached hydrogens (primary N) is 1. The lowest BCUT2D eigenvalue weighted by atomic mass is 9.95. The molecule has 3 N–H and O–H groups in total. The molecule has 2 aromatic carbocycles. The highest BCUT2D eigenvalue weighted by molar-refractivity contribution is 9.10. The summed E-state index contributed by atoms with van der Waals surface area (Å²) < 4.78 is 1.09. The van der Waals surface area contributed by atoms with Gasteiger partial charge in [0.1, 0.15) is 0 Å². The van der Waals surface area contributed by atoms with Gasteiger partial charge in [0.05, 0.1) is 5.54 Å². The number of hydrogen-bond acceptors (Lipinski definition) is 2. The number of rotatable bonds is 3. The van der Waals surface area contributed by atoms with E-state index in [0.29, 0.717) is 6.54 Å². The molecule has 0 spiro atoms. The molecule has 0 fully saturated rings. The Kier molecular flexibility index (Phi) is 3.33. The molecule has 1 aliphatic rings. The van der Waals surface area contributed by atoms with Crippen molar-refractivity contribution in [3.05, 3.63) is 64.1 Å². The fraction of sp³-hybridized carbons (Fsp3) is 0.250. The standard InChI is InChI=1S/C16H17BrN2/c17-14-5-7-15(8-6-14)19-16(11-18)9-12-3-1-2-4-13(12)10-16/h1-8,19H,9-11,18H2. The molecule has 2 nitrogen and oxygen atoms in total. The van der Waals surface area contributed by atoms with Gasteiger partial charge in [-0.3, -0.25) is 0 Å². The third-order valence-corrected chi connectivity index (χ3v) is 4.35. The number of hydrogen-bond donors (Lipinski definition) is 2. The summed E-state index contributed by atoms with van der Waals surface area (Å²) in [4.78, 5) is 0. The average molecular weight is 317 g/mol. The first kappa shape index (κ1) is 12.7. The molecule has 0 aromatic heterocycles. The quantitative estimate of drug-likeness (QED) is 0.911. The van der Waals surface area contributed by atoms with Crippen LogP contribution < -0.4 is 11.1 Å². The van der Waals surface area contributed by atoms with Crippen molar-refractivity contribution in [1.29, 1.82) is 0 Å². The van der Waals surface area contributed by atoms with Crippen LogP contribution in [0, 0.1) is 0 Å². The van der Waals surface area contributed by atoms with Crippen LogP contribution in [-0.4, -0.2) is 12.1 Å². The lowest BCUT2D eigenvalue weighted by Crippen LogP contribution is -2.46. The molecule has 0 heterocycles. The first-order valence-electron chi connectivity index (χ1n) is 6.51. The molecule has 3 heteroatoms. The summed E-state index contributed by atoms with van der Waals surface area (Å²) in [5, 5.41) is 3.63. The highest BCUT2D eigenvalue weighted by Crippen LogP contribution is 2.32. The second kappa shape index (κ2) is 4.99. The maximum Gasteiger partial charge on any atom is 0.0576 e. The van der Waals surface area contributed by atoms with Gasteiger partial charge in [-0.15, -0.1) is 0 Å². The van der Waals surface area contributed by atoms with E-state index in [1.165, 1.54) is 11.1 Å². The zero-order valence-corrected chi connectivity index (χ0v) is 12.3. The van der Waals surface area contributed by atoms with Crippen LogP contribution in [0.1, 0.15) is 11.1 Å². The number of fused-ring (bicyclic) bond motifs is 1. The van der Waals surface area contributed by atoms with Gasteiger partial charge in [0.25, 0.3) is 0 Å². The Bertz CT molecular complexity index is 553. The summed E-state index contributed by atoms with van der Waals surface area (Å²) >= 11 is 3.46.